The number of hydrogen-bond acceptors (Lipinski definition) is 4. The lowest BCUT2D eigenvalue weighted by atomic mass is 10.1. The van der Waals surface area contributed by atoms with E-state index in [1.807, 2.05) is 0 Å². The minimum atomic E-state index is -4.82. The maximum Gasteiger partial charge on any atom is 0.417 e. The Morgan fingerprint density at radius 3 is 2.52 bits per heavy atom. The van der Waals surface area contributed by atoms with Gasteiger partial charge in [0.15, 0.2) is 0 Å². The predicted molar refractivity (Wildman–Crippen MR) is 67.6 cm³/mol. The molecule has 9 heteroatoms. The summed E-state index contributed by atoms with van der Waals surface area (Å²) in [5.74, 6) is -0.375. The highest BCUT2D eigenvalue weighted by Gasteiger charge is 2.35. The molecule has 0 aromatic heterocycles. The summed E-state index contributed by atoms with van der Waals surface area (Å²) in [5, 5.41) is 17.4. The molecule has 116 valence electrons. The van der Waals surface area contributed by atoms with Gasteiger partial charge < -0.3 is 5.11 Å². The largest absolute Gasteiger partial charge is 0.417 e. The summed E-state index contributed by atoms with van der Waals surface area (Å²) >= 11 is 0. The molecule has 0 amide bonds. The van der Waals surface area contributed by atoms with E-state index in [-0.39, 0.29) is 19.1 Å². The number of rotatable bonds is 5. The monoisotopic (exact) mass is 322 g/mol. The van der Waals surface area contributed by atoms with Crippen LogP contribution < -0.4 is 4.72 Å². The van der Waals surface area contributed by atoms with Crippen LogP contribution in [-0.4, -0.2) is 26.7 Å². The lowest BCUT2D eigenvalue weighted by molar-refractivity contribution is -0.137. The topological polar surface area (TPSA) is 90.2 Å². The van der Waals surface area contributed by atoms with Crippen LogP contribution in [0.2, 0.25) is 0 Å². The zero-order valence-corrected chi connectivity index (χ0v) is 11.8. The fourth-order valence-electron chi connectivity index (χ4n) is 1.42. The average Bonchev–Trinajstić information content (AvgIpc) is 2.43. The standard InChI is InChI=1S/C12H13F3N2O3S/c1-8(7-18)6-17-21(19,20)10-3-2-9(5-16)11(4-10)12(13,14)15/h2-4,8,17-18H,6-7H2,1H3. The van der Waals surface area contributed by atoms with E-state index in [2.05, 4.69) is 4.72 Å². The van der Waals surface area contributed by atoms with E-state index in [1.54, 1.807) is 6.92 Å². The van der Waals surface area contributed by atoms with Crippen molar-refractivity contribution in [3.8, 4) is 6.07 Å². The Morgan fingerprint density at radius 2 is 2.05 bits per heavy atom. The number of aliphatic hydroxyl groups excluding tert-OH is 1. The van der Waals surface area contributed by atoms with Gasteiger partial charge in [0.25, 0.3) is 0 Å². The molecule has 0 aliphatic rings. The molecule has 0 radical (unpaired) electrons. The number of nitrogens with zero attached hydrogens (tertiary/aromatic N) is 1. The number of nitrogens with one attached hydrogen (secondary N) is 1. The minimum absolute atomic E-state index is 0.111. The molecule has 0 saturated heterocycles. The molecule has 1 aromatic carbocycles. The molecule has 0 bridgehead atoms. The van der Waals surface area contributed by atoms with Crippen LogP contribution in [0.15, 0.2) is 23.1 Å². The Morgan fingerprint density at radius 1 is 1.43 bits per heavy atom. The minimum Gasteiger partial charge on any atom is -0.396 e. The first-order chi connectivity index (χ1) is 9.61. The van der Waals surface area contributed by atoms with Crippen molar-refractivity contribution in [1.29, 1.82) is 5.26 Å². The van der Waals surface area contributed by atoms with Crippen molar-refractivity contribution in [2.24, 2.45) is 5.92 Å². The third kappa shape index (κ3) is 4.42. The maximum absolute atomic E-state index is 12.8. The van der Waals surface area contributed by atoms with E-state index in [0.29, 0.717) is 6.07 Å². The molecule has 2 N–H and O–H groups in total. The summed E-state index contributed by atoms with van der Waals surface area (Å²) in [6, 6.07) is 3.54. The van der Waals surface area contributed by atoms with E-state index in [9.17, 15) is 21.6 Å². The van der Waals surface area contributed by atoms with Crippen LogP contribution in [0, 0.1) is 17.2 Å². The average molecular weight is 322 g/mol. The molecular formula is C12H13F3N2O3S. The Hall–Kier alpha value is -1.63. The zero-order valence-electron chi connectivity index (χ0n) is 11.0. The summed E-state index contributed by atoms with van der Waals surface area (Å²) in [6.07, 6.45) is -4.82. The second kappa shape index (κ2) is 6.43. The van der Waals surface area contributed by atoms with Gasteiger partial charge in [-0.1, -0.05) is 6.92 Å². The van der Waals surface area contributed by atoms with Crippen molar-refractivity contribution in [3.05, 3.63) is 29.3 Å². The lowest BCUT2D eigenvalue weighted by Gasteiger charge is -2.13. The maximum atomic E-state index is 12.8. The van der Waals surface area contributed by atoms with Gasteiger partial charge in [-0.2, -0.15) is 18.4 Å². The van der Waals surface area contributed by atoms with Crippen molar-refractivity contribution >= 4 is 10.0 Å². The second-order valence-electron chi connectivity index (χ2n) is 4.46. The van der Waals surface area contributed by atoms with Crippen LogP contribution >= 0.6 is 0 Å². The first-order valence-electron chi connectivity index (χ1n) is 5.83. The van der Waals surface area contributed by atoms with Crippen molar-refractivity contribution in [2.45, 2.75) is 18.0 Å². The molecule has 0 heterocycles. The summed E-state index contributed by atoms with van der Waals surface area (Å²) in [6.45, 7) is 1.20. The van der Waals surface area contributed by atoms with Gasteiger partial charge in [-0.25, -0.2) is 13.1 Å². The van der Waals surface area contributed by atoms with Crippen molar-refractivity contribution in [2.75, 3.05) is 13.2 Å². The number of benzene rings is 1. The molecule has 0 fully saturated rings. The fourth-order valence-corrected chi connectivity index (χ4v) is 2.61. The lowest BCUT2D eigenvalue weighted by Crippen LogP contribution is -2.30. The molecule has 1 aromatic rings. The van der Waals surface area contributed by atoms with Crippen molar-refractivity contribution < 1.29 is 26.7 Å². The first-order valence-corrected chi connectivity index (χ1v) is 7.32. The van der Waals surface area contributed by atoms with Crippen LogP contribution in [-0.2, 0) is 16.2 Å². The molecule has 0 spiro atoms. The van der Waals surface area contributed by atoms with E-state index in [0.717, 1.165) is 12.1 Å². The Labute approximate surface area is 120 Å². The Bertz CT molecular complexity index is 651. The smallest absolute Gasteiger partial charge is 0.396 e. The number of hydrogen-bond donors (Lipinski definition) is 2. The summed E-state index contributed by atoms with van der Waals surface area (Å²) < 4.78 is 64.2. The number of sulfonamides is 1. The van der Waals surface area contributed by atoms with E-state index < -0.39 is 32.2 Å². The number of aliphatic hydroxyl groups is 1. The molecule has 21 heavy (non-hydrogen) atoms. The van der Waals surface area contributed by atoms with Crippen LogP contribution in [0.3, 0.4) is 0 Å². The van der Waals surface area contributed by atoms with Crippen LogP contribution in [0.4, 0.5) is 13.2 Å². The van der Waals surface area contributed by atoms with Gasteiger partial charge >= 0.3 is 6.18 Å². The Balaban J connectivity index is 3.18. The van der Waals surface area contributed by atoms with Crippen LogP contribution in [0.1, 0.15) is 18.1 Å². The van der Waals surface area contributed by atoms with E-state index >= 15 is 0 Å². The van der Waals surface area contributed by atoms with Gasteiger partial charge in [0.1, 0.15) is 0 Å². The quantitative estimate of drug-likeness (QED) is 0.859. The zero-order chi connectivity index (χ0) is 16.3. The second-order valence-corrected chi connectivity index (χ2v) is 6.22. The van der Waals surface area contributed by atoms with Gasteiger partial charge in [0.05, 0.1) is 22.1 Å². The molecule has 0 aliphatic carbocycles. The summed E-state index contributed by atoms with van der Waals surface area (Å²) in [7, 11) is -4.14. The molecule has 1 unspecified atom stereocenters. The molecular weight excluding hydrogens is 309 g/mol. The van der Waals surface area contributed by atoms with Gasteiger partial charge in [-0.3, -0.25) is 0 Å². The highest BCUT2D eigenvalue weighted by atomic mass is 32.2. The SMILES string of the molecule is CC(CO)CNS(=O)(=O)c1ccc(C#N)c(C(F)(F)F)c1. The summed E-state index contributed by atoms with van der Waals surface area (Å²) in [5.41, 5.74) is -1.95. The van der Waals surface area contributed by atoms with E-state index in [1.165, 1.54) is 6.07 Å². The third-order valence-corrected chi connectivity index (χ3v) is 4.08. The highest BCUT2D eigenvalue weighted by molar-refractivity contribution is 7.89. The first kappa shape index (κ1) is 17.4. The van der Waals surface area contributed by atoms with Gasteiger partial charge in [0, 0.05) is 13.2 Å². The highest BCUT2D eigenvalue weighted by Crippen LogP contribution is 2.33. The van der Waals surface area contributed by atoms with Crippen LogP contribution in [0.25, 0.3) is 0 Å². The number of alkyl halides is 3. The van der Waals surface area contributed by atoms with E-state index in [4.69, 9.17) is 10.4 Å². The fraction of sp³-hybridized carbons (Fsp3) is 0.417. The Kier molecular flexibility index (Phi) is 5.33. The molecule has 0 saturated carbocycles. The molecule has 0 aliphatic heterocycles. The molecule has 1 atom stereocenters. The van der Waals surface area contributed by atoms with Crippen LogP contribution in [0.5, 0.6) is 0 Å². The van der Waals surface area contributed by atoms with Crippen molar-refractivity contribution in [3.63, 3.8) is 0 Å². The number of halogens is 3. The predicted octanol–water partition coefficient (Wildman–Crippen LogP) is 1.48. The third-order valence-electron chi connectivity index (χ3n) is 2.66. The molecule has 5 nitrogen and oxygen atoms in total. The van der Waals surface area contributed by atoms with Gasteiger partial charge in [0.2, 0.25) is 10.0 Å². The normalized spacial score (nSPS) is 13.7. The molecule has 1 rings (SSSR count). The number of nitriles is 1. The van der Waals surface area contributed by atoms with Crippen molar-refractivity contribution in [1.82, 2.24) is 4.72 Å². The summed E-state index contributed by atoms with van der Waals surface area (Å²) in [4.78, 5) is -0.584. The van der Waals surface area contributed by atoms with Gasteiger partial charge in [-0.05, 0) is 24.1 Å². The van der Waals surface area contributed by atoms with Gasteiger partial charge in [-0.15, -0.1) is 0 Å².